The average Bonchev–Trinajstić information content (AvgIpc) is 2.37. The number of hydrogen-bond donors (Lipinski definition) is 0. The second kappa shape index (κ2) is 5.62. The lowest BCUT2D eigenvalue weighted by Crippen LogP contribution is -1.86. The summed E-state index contributed by atoms with van der Waals surface area (Å²) >= 11 is 0. The maximum absolute atomic E-state index is 4.22. The molecule has 0 spiro atoms. The van der Waals surface area contributed by atoms with E-state index in [1.54, 1.807) is 0 Å². The zero-order valence-corrected chi connectivity index (χ0v) is 10.6. The summed E-state index contributed by atoms with van der Waals surface area (Å²) in [6.45, 7) is 4.26. The number of nitrogens with zero attached hydrogens (tertiary/aromatic N) is 1. The lowest BCUT2D eigenvalue weighted by atomic mass is 10.0. The van der Waals surface area contributed by atoms with Crippen LogP contribution in [0.3, 0.4) is 0 Å². The zero-order chi connectivity index (χ0) is 12.1. The van der Waals surface area contributed by atoms with Crippen LogP contribution in [-0.2, 0) is 6.42 Å². The monoisotopic (exact) mass is 225 g/mol. The van der Waals surface area contributed by atoms with Crippen molar-refractivity contribution in [1.82, 2.24) is 4.98 Å². The molecule has 1 nitrogen and oxygen atoms in total. The van der Waals surface area contributed by atoms with Crippen molar-refractivity contribution in [3.63, 3.8) is 0 Å². The molecule has 0 radical (unpaired) electrons. The van der Waals surface area contributed by atoms with Crippen molar-refractivity contribution in [2.75, 3.05) is 0 Å². The first kappa shape index (κ1) is 11.8. The minimum absolute atomic E-state index is 1.07. The van der Waals surface area contributed by atoms with Crippen LogP contribution in [0, 0.1) is 6.92 Å². The minimum Gasteiger partial charge on any atom is -0.262 e. The average molecular weight is 225 g/mol. The van der Waals surface area contributed by atoms with Gasteiger partial charge in [-0.15, -0.1) is 0 Å². The molecule has 0 aliphatic carbocycles. The Hall–Kier alpha value is -1.63. The first-order chi connectivity index (χ1) is 8.29. The van der Waals surface area contributed by atoms with E-state index in [1.807, 2.05) is 13.1 Å². The van der Waals surface area contributed by atoms with E-state index < -0.39 is 0 Å². The van der Waals surface area contributed by atoms with Crippen molar-refractivity contribution in [3.05, 3.63) is 53.9 Å². The molecule has 0 atom stereocenters. The van der Waals surface area contributed by atoms with Gasteiger partial charge in [-0.3, -0.25) is 4.98 Å². The third-order valence-corrected chi connectivity index (χ3v) is 3.00. The summed E-state index contributed by atoms with van der Waals surface area (Å²) in [6.07, 6.45) is 5.58. The number of aromatic nitrogens is 1. The molecule has 1 aromatic carbocycles. The number of rotatable bonds is 4. The number of unbranched alkanes of at least 4 members (excludes halogenated alkanes) is 1. The molecule has 0 fully saturated rings. The summed E-state index contributed by atoms with van der Waals surface area (Å²) in [5, 5.41) is 0. The second-order valence-electron chi connectivity index (χ2n) is 4.49. The standard InChI is InChI=1S/C16H19N/c1-3-4-5-14-6-8-15(9-7-14)16-10-11-17-13(2)12-16/h6-12H,3-5H2,1-2H3. The summed E-state index contributed by atoms with van der Waals surface area (Å²) < 4.78 is 0. The molecule has 0 saturated heterocycles. The predicted octanol–water partition coefficient (Wildman–Crippen LogP) is 4.40. The van der Waals surface area contributed by atoms with Crippen molar-refractivity contribution >= 4 is 0 Å². The summed E-state index contributed by atoms with van der Waals surface area (Å²) in [5.41, 5.74) is 5.02. The molecule has 1 heteroatoms. The summed E-state index contributed by atoms with van der Waals surface area (Å²) in [4.78, 5) is 4.22. The van der Waals surface area contributed by atoms with E-state index in [4.69, 9.17) is 0 Å². The lowest BCUT2D eigenvalue weighted by molar-refractivity contribution is 0.795. The highest BCUT2D eigenvalue weighted by molar-refractivity contribution is 5.63. The van der Waals surface area contributed by atoms with E-state index in [1.165, 1.54) is 36.0 Å². The first-order valence-corrected chi connectivity index (χ1v) is 6.31. The molecule has 1 heterocycles. The van der Waals surface area contributed by atoms with E-state index in [9.17, 15) is 0 Å². The van der Waals surface area contributed by atoms with Crippen molar-refractivity contribution in [2.24, 2.45) is 0 Å². The molecule has 0 bridgehead atoms. The van der Waals surface area contributed by atoms with Crippen molar-refractivity contribution in [3.8, 4) is 11.1 Å². The van der Waals surface area contributed by atoms with Gasteiger partial charge in [-0.05, 0) is 48.6 Å². The number of aryl methyl sites for hydroxylation is 2. The van der Waals surface area contributed by atoms with E-state index in [2.05, 4.69) is 48.3 Å². The molecule has 0 saturated carbocycles. The molecule has 0 aliphatic heterocycles. The van der Waals surface area contributed by atoms with Gasteiger partial charge in [0.1, 0.15) is 0 Å². The highest BCUT2D eigenvalue weighted by Gasteiger charge is 1.98. The Kier molecular flexibility index (Phi) is 3.92. The Morgan fingerprint density at radius 3 is 2.41 bits per heavy atom. The lowest BCUT2D eigenvalue weighted by Gasteiger charge is -2.04. The second-order valence-corrected chi connectivity index (χ2v) is 4.49. The van der Waals surface area contributed by atoms with Gasteiger partial charge in [-0.2, -0.15) is 0 Å². The van der Waals surface area contributed by atoms with Crippen molar-refractivity contribution in [2.45, 2.75) is 33.1 Å². The van der Waals surface area contributed by atoms with Gasteiger partial charge in [-0.1, -0.05) is 37.6 Å². The Labute approximate surface area is 104 Å². The Bertz CT molecular complexity index is 471. The molecular weight excluding hydrogens is 206 g/mol. The van der Waals surface area contributed by atoms with Crippen molar-refractivity contribution < 1.29 is 0 Å². The van der Waals surface area contributed by atoms with Gasteiger partial charge in [0.25, 0.3) is 0 Å². The van der Waals surface area contributed by atoms with Crippen LogP contribution >= 0.6 is 0 Å². The van der Waals surface area contributed by atoms with Gasteiger partial charge >= 0.3 is 0 Å². The molecule has 0 unspecified atom stereocenters. The molecule has 0 aliphatic rings. The van der Waals surface area contributed by atoms with Gasteiger partial charge in [0.05, 0.1) is 0 Å². The Balaban J connectivity index is 2.17. The quantitative estimate of drug-likeness (QED) is 0.751. The zero-order valence-electron chi connectivity index (χ0n) is 10.6. The molecular formula is C16H19N. The van der Waals surface area contributed by atoms with Crippen molar-refractivity contribution in [1.29, 1.82) is 0 Å². The molecule has 0 amide bonds. The van der Waals surface area contributed by atoms with Crippen LogP contribution in [0.4, 0.5) is 0 Å². The molecule has 2 aromatic rings. The van der Waals surface area contributed by atoms with Gasteiger partial charge < -0.3 is 0 Å². The van der Waals surface area contributed by atoms with E-state index >= 15 is 0 Å². The van der Waals surface area contributed by atoms with Crippen LogP contribution in [0.15, 0.2) is 42.6 Å². The maximum atomic E-state index is 4.22. The molecule has 17 heavy (non-hydrogen) atoms. The molecule has 1 aromatic heterocycles. The smallest absolute Gasteiger partial charge is 0.0378 e. The molecule has 88 valence electrons. The fourth-order valence-electron chi connectivity index (χ4n) is 1.97. The summed E-state index contributed by atoms with van der Waals surface area (Å²) in [7, 11) is 0. The fraction of sp³-hybridized carbons (Fsp3) is 0.312. The molecule has 0 N–H and O–H groups in total. The summed E-state index contributed by atoms with van der Waals surface area (Å²) in [5.74, 6) is 0. The third kappa shape index (κ3) is 3.16. The SMILES string of the molecule is CCCCc1ccc(-c2ccnc(C)c2)cc1. The number of hydrogen-bond acceptors (Lipinski definition) is 1. The van der Waals surface area contributed by atoms with Gasteiger partial charge in [0, 0.05) is 11.9 Å². The van der Waals surface area contributed by atoms with Crippen LogP contribution < -0.4 is 0 Å². The van der Waals surface area contributed by atoms with E-state index in [0.29, 0.717) is 0 Å². The van der Waals surface area contributed by atoms with Crippen LogP contribution in [0.5, 0.6) is 0 Å². The topological polar surface area (TPSA) is 12.9 Å². The Morgan fingerprint density at radius 1 is 1.00 bits per heavy atom. The third-order valence-electron chi connectivity index (χ3n) is 3.00. The maximum Gasteiger partial charge on any atom is 0.0378 e. The largest absolute Gasteiger partial charge is 0.262 e. The highest BCUT2D eigenvalue weighted by Crippen LogP contribution is 2.20. The Morgan fingerprint density at radius 2 is 1.76 bits per heavy atom. The fourth-order valence-corrected chi connectivity index (χ4v) is 1.97. The molecule has 2 rings (SSSR count). The van der Waals surface area contributed by atoms with E-state index in [-0.39, 0.29) is 0 Å². The normalized spacial score (nSPS) is 10.5. The van der Waals surface area contributed by atoms with Crippen LogP contribution in [0.25, 0.3) is 11.1 Å². The number of benzene rings is 1. The minimum atomic E-state index is 1.07. The van der Waals surface area contributed by atoms with Crippen LogP contribution in [0.1, 0.15) is 31.0 Å². The predicted molar refractivity (Wildman–Crippen MR) is 73.0 cm³/mol. The van der Waals surface area contributed by atoms with Gasteiger partial charge in [0.2, 0.25) is 0 Å². The first-order valence-electron chi connectivity index (χ1n) is 6.31. The van der Waals surface area contributed by atoms with Crippen LogP contribution in [0.2, 0.25) is 0 Å². The highest BCUT2D eigenvalue weighted by atomic mass is 14.6. The number of pyridine rings is 1. The van der Waals surface area contributed by atoms with Gasteiger partial charge in [0.15, 0.2) is 0 Å². The van der Waals surface area contributed by atoms with Gasteiger partial charge in [-0.25, -0.2) is 0 Å². The van der Waals surface area contributed by atoms with E-state index in [0.717, 1.165) is 5.69 Å². The van der Waals surface area contributed by atoms with Crippen LogP contribution in [-0.4, -0.2) is 4.98 Å². The summed E-state index contributed by atoms with van der Waals surface area (Å²) in [6, 6.07) is 13.1.